The Morgan fingerprint density at radius 1 is 1.26 bits per heavy atom. The summed E-state index contributed by atoms with van der Waals surface area (Å²) in [5.74, 6) is 3.33. The zero-order valence-electron chi connectivity index (χ0n) is 11.7. The van der Waals surface area contributed by atoms with Gasteiger partial charge >= 0.3 is 0 Å². The van der Waals surface area contributed by atoms with Crippen LogP contribution in [0.1, 0.15) is 50.2 Å². The molecule has 5 rings (SSSR count). The lowest BCUT2D eigenvalue weighted by Gasteiger charge is -2.46. The van der Waals surface area contributed by atoms with Gasteiger partial charge in [0.05, 0.1) is 0 Å². The maximum atomic E-state index is 9.93. The Labute approximate surface area is 115 Å². The minimum Gasteiger partial charge on any atom is -0.508 e. The van der Waals surface area contributed by atoms with Crippen LogP contribution in [0.15, 0.2) is 18.2 Å². The quantitative estimate of drug-likeness (QED) is 0.741. The second-order valence-corrected chi connectivity index (χ2v) is 7.75. The molecule has 1 aromatic rings. The molecule has 2 spiro atoms. The third-order valence-electron chi connectivity index (χ3n) is 7.33. The molecule has 4 aliphatic rings. The van der Waals surface area contributed by atoms with Gasteiger partial charge < -0.3 is 5.11 Å². The number of benzene rings is 1. The summed E-state index contributed by atoms with van der Waals surface area (Å²) < 4.78 is 0. The van der Waals surface area contributed by atoms with E-state index < -0.39 is 0 Å². The van der Waals surface area contributed by atoms with Crippen LogP contribution < -0.4 is 0 Å². The van der Waals surface area contributed by atoms with Crippen molar-refractivity contribution in [3.05, 3.63) is 29.3 Å². The van der Waals surface area contributed by atoms with Crippen LogP contribution in [-0.4, -0.2) is 5.11 Å². The van der Waals surface area contributed by atoms with Crippen molar-refractivity contribution in [2.75, 3.05) is 0 Å². The Morgan fingerprint density at radius 3 is 3.05 bits per heavy atom. The molecule has 1 heteroatoms. The number of fused-ring (bicyclic) bond motifs is 2. The van der Waals surface area contributed by atoms with Gasteiger partial charge in [-0.05, 0) is 77.5 Å². The van der Waals surface area contributed by atoms with Crippen LogP contribution in [0.4, 0.5) is 0 Å². The van der Waals surface area contributed by atoms with E-state index in [-0.39, 0.29) is 0 Å². The van der Waals surface area contributed by atoms with Gasteiger partial charge in [-0.25, -0.2) is 0 Å². The lowest BCUT2D eigenvalue weighted by molar-refractivity contribution is 0.161. The molecule has 5 atom stereocenters. The summed E-state index contributed by atoms with van der Waals surface area (Å²) in [5, 5.41) is 9.93. The summed E-state index contributed by atoms with van der Waals surface area (Å²) in [6, 6.07) is 6.22. The summed E-state index contributed by atoms with van der Waals surface area (Å²) in [4.78, 5) is 0. The molecule has 0 heterocycles. The molecule has 3 fully saturated rings. The molecule has 3 saturated carbocycles. The lowest BCUT2D eigenvalue weighted by Crippen LogP contribution is -2.40. The Balaban J connectivity index is 1.76. The number of hydrogen-bond acceptors (Lipinski definition) is 1. The first-order chi connectivity index (χ1) is 9.17. The lowest BCUT2D eigenvalue weighted by atomic mass is 9.57. The maximum Gasteiger partial charge on any atom is 0.115 e. The standard InChI is InChI=1S/C18H22O/c1-11-16-14-4-2-3-7-17(14)10-18(11,16)9-12-5-6-13(19)8-15(12)17/h5-6,8,11,14,16,19H,2-4,7,9-10H2,1H3/t11?,14-,16-,17+,18-/m1/s1. The van der Waals surface area contributed by atoms with Crippen LogP contribution in [-0.2, 0) is 11.8 Å². The van der Waals surface area contributed by atoms with E-state index in [1.54, 1.807) is 5.56 Å². The van der Waals surface area contributed by atoms with Crippen molar-refractivity contribution < 1.29 is 5.11 Å². The second-order valence-electron chi connectivity index (χ2n) is 7.75. The summed E-state index contributed by atoms with van der Waals surface area (Å²) in [6.45, 7) is 2.49. The summed E-state index contributed by atoms with van der Waals surface area (Å²) in [6.07, 6.45) is 8.34. The monoisotopic (exact) mass is 254 g/mol. The van der Waals surface area contributed by atoms with E-state index in [2.05, 4.69) is 19.1 Å². The number of phenolic OH excluding ortho intramolecular Hbond substituents is 1. The Kier molecular flexibility index (Phi) is 1.71. The SMILES string of the molecule is CC1[C@@H]2[C@H]3CCCC[C@]34C[C@]12Cc1ccc(O)cc14. The molecule has 1 N–H and O–H groups in total. The highest BCUT2D eigenvalue weighted by atomic mass is 16.3. The summed E-state index contributed by atoms with van der Waals surface area (Å²) in [5.41, 5.74) is 4.19. The van der Waals surface area contributed by atoms with Gasteiger partial charge in [-0.1, -0.05) is 25.8 Å². The van der Waals surface area contributed by atoms with Crippen LogP contribution >= 0.6 is 0 Å². The van der Waals surface area contributed by atoms with Crippen molar-refractivity contribution in [1.29, 1.82) is 0 Å². The average Bonchev–Trinajstić information content (AvgIpc) is 2.84. The molecule has 0 aromatic heterocycles. The fourth-order valence-corrected chi connectivity index (χ4v) is 6.67. The van der Waals surface area contributed by atoms with Crippen LogP contribution in [0.5, 0.6) is 5.75 Å². The Morgan fingerprint density at radius 2 is 2.16 bits per heavy atom. The topological polar surface area (TPSA) is 20.2 Å². The number of aromatic hydroxyl groups is 1. The van der Waals surface area contributed by atoms with Crippen molar-refractivity contribution in [2.45, 2.75) is 50.9 Å². The zero-order valence-corrected chi connectivity index (χ0v) is 11.7. The molecular weight excluding hydrogens is 232 g/mol. The van der Waals surface area contributed by atoms with Gasteiger partial charge in [0.15, 0.2) is 0 Å². The number of rotatable bonds is 0. The number of phenols is 1. The van der Waals surface area contributed by atoms with Gasteiger partial charge in [0.1, 0.15) is 5.75 Å². The molecule has 0 amide bonds. The van der Waals surface area contributed by atoms with Gasteiger partial charge in [-0.15, -0.1) is 0 Å². The van der Waals surface area contributed by atoms with Gasteiger partial charge in [0, 0.05) is 0 Å². The molecule has 1 unspecified atom stereocenters. The first kappa shape index (κ1) is 10.8. The predicted molar refractivity (Wildman–Crippen MR) is 75.2 cm³/mol. The molecule has 1 aromatic carbocycles. The molecule has 0 aliphatic heterocycles. The highest BCUT2D eigenvalue weighted by Gasteiger charge is 2.76. The van der Waals surface area contributed by atoms with Crippen molar-refractivity contribution in [2.24, 2.45) is 23.2 Å². The Hall–Kier alpha value is -0.980. The van der Waals surface area contributed by atoms with Crippen LogP contribution in [0, 0.1) is 23.2 Å². The van der Waals surface area contributed by atoms with E-state index in [1.165, 1.54) is 44.1 Å². The number of hydrogen-bond donors (Lipinski definition) is 1. The molecule has 1 nitrogen and oxygen atoms in total. The van der Waals surface area contributed by atoms with Gasteiger partial charge in [0.2, 0.25) is 0 Å². The molecule has 19 heavy (non-hydrogen) atoms. The van der Waals surface area contributed by atoms with E-state index in [1.807, 2.05) is 6.07 Å². The molecule has 0 radical (unpaired) electrons. The van der Waals surface area contributed by atoms with Crippen LogP contribution in [0.2, 0.25) is 0 Å². The van der Waals surface area contributed by atoms with Crippen molar-refractivity contribution in [1.82, 2.24) is 0 Å². The molecule has 4 aliphatic carbocycles. The highest BCUT2D eigenvalue weighted by Crippen LogP contribution is 2.81. The summed E-state index contributed by atoms with van der Waals surface area (Å²) in [7, 11) is 0. The molecule has 2 bridgehead atoms. The predicted octanol–water partition coefficient (Wildman–Crippen LogP) is 4.03. The normalized spacial score (nSPS) is 49.2. The van der Waals surface area contributed by atoms with E-state index in [0.29, 0.717) is 16.6 Å². The first-order valence-electron chi connectivity index (χ1n) is 8.00. The summed E-state index contributed by atoms with van der Waals surface area (Å²) >= 11 is 0. The van der Waals surface area contributed by atoms with E-state index in [9.17, 15) is 5.11 Å². The van der Waals surface area contributed by atoms with Crippen LogP contribution in [0.3, 0.4) is 0 Å². The highest BCUT2D eigenvalue weighted by molar-refractivity contribution is 5.49. The minimum absolute atomic E-state index is 0.446. The Bertz CT molecular complexity index is 577. The second kappa shape index (κ2) is 3.02. The maximum absolute atomic E-state index is 9.93. The van der Waals surface area contributed by atoms with Crippen molar-refractivity contribution in [3.8, 4) is 5.75 Å². The van der Waals surface area contributed by atoms with Crippen LogP contribution in [0.25, 0.3) is 0 Å². The van der Waals surface area contributed by atoms with E-state index >= 15 is 0 Å². The van der Waals surface area contributed by atoms with Gasteiger partial charge in [0.25, 0.3) is 0 Å². The van der Waals surface area contributed by atoms with Gasteiger partial charge in [-0.3, -0.25) is 0 Å². The van der Waals surface area contributed by atoms with Crippen molar-refractivity contribution in [3.63, 3.8) is 0 Å². The largest absolute Gasteiger partial charge is 0.508 e. The molecule has 100 valence electrons. The van der Waals surface area contributed by atoms with E-state index in [0.717, 1.165) is 17.8 Å². The molecule has 0 saturated heterocycles. The van der Waals surface area contributed by atoms with Gasteiger partial charge in [-0.2, -0.15) is 0 Å². The molecular formula is C18H22O. The zero-order chi connectivity index (χ0) is 12.8. The fraction of sp³-hybridized carbons (Fsp3) is 0.667. The fourth-order valence-electron chi connectivity index (χ4n) is 6.67. The smallest absolute Gasteiger partial charge is 0.115 e. The third kappa shape index (κ3) is 1.03. The first-order valence-corrected chi connectivity index (χ1v) is 8.00. The van der Waals surface area contributed by atoms with E-state index in [4.69, 9.17) is 0 Å². The average molecular weight is 254 g/mol. The van der Waals surface area contributed by atoms with Crippen molar-refractivity contribution >= 4 is 0 Å². The third-order valence-corrected chi connectivity index (χ3v) is 7.33. The minimum atomic E-state index is 0.446.